The molecule has 0 fully saturated rings. The van der Waals surface area contributed by atoms with Gasteiger partial charge in [0.1, 0.15) is 12.4 Å². The van der Waals surface area contributed by atoms with Gasteiger partial charge in [0.15, 0.2) is 0 Å². The minimum Gasteiger partial charge on any atom is -0.475 e. The first-order valence-electron chi connectivity index (χ1n) is 3.15. The Bertz CT molecular complexity index is 292. The summed E-state index contributed by atoms with van der Waals surface area (Å²) in [4.78, 5) is 10.4. The molecule has 66 valence electrons. The maximum atomic E-state index is 10.4. The van der Waals surface area contributed by atoms with E-state index in [4.69, 9.17) is 14.3 Å². The minimum absolute atomic E-state index is 0.0890. The normalized spacial score (nSPS) is 10.2. The van der Waals surface area contributed by atoms with Gasteiger partial charge in [0.05, 0.1) is 4.47 Å². The second kappa shape index (κ2) is 3.73. The monoisotopic (exact) mass is 234 g/mol. The molecule has 0 saturated carbocycles. The van der Waals surface area contributed by atoms with E-state index in [0.29, 0.717) is 10.2 Å². The summed E-state index contributed by atoms with van der Waals surface area (Å²) in [6.07, 6.45) is 0. The van der Waals surface area contributed by atoms with Crippen LogP contribution in [0.1, 0.15) is 16.3 Å². The summed E-state index contributed by atoms with van der Waals surface area (Å²) in [5.41, 5.74) is 0. The molecule has 0 aliphatic heterocycles. The summed E-state index contributed by atoms with van der Waals surface area (Å²) in [5.74, 6) is -0.693. The topological polar surface area (TPSA) is 59.7 Å². The fraction of sp³-hybridized carbons (Fsp3) is 0.286. The number of carboxylic acid groups (broad SMARTS) is 1. The van der Waals surface area contributed by atoms with Crippen LogP contribution in [0.4, 0.5) is 0 Å². The molecule has 5 heteroatoms. The molecule has 1 rings (SSSR count). The first-order chi connectivity index (χ1) is 5.65. The van der Waals surface area contributed by atoms with Crippen LogP contribution in [-0.4, -0.2) is 18.2 Å². The summed E-state index contributed by atoms with van der Waals surface area (Å²) in [5, 5.41) is 8.54. The van der Waals surface area contributed by atoms with Crippen molar-refractivity contribution in [3.05, 3.63) is 22.1 Å². The number of ether oxygens (including phenoxy) is 1. The molecule has 0 aliphatic carbocycles. The van der Waals surface area contributed by atoms with Crippen LogP contribution in [0.5, 0.6) is 0 Å². The number of furan rings is 1. The van der Waals surface area contributed by atoms with Gasteiger partial charge in [0.25, 0.3) is 0 Å². The molecule has 0 radical (unpaired) electrons. The molecule has 0 unspecified atom stereocenters. The Balaban J connectivity index is 2.92. The van der Waals surface area contributed by atoms with Crippen molar-refractivity contribution in [1.82, 2.24) is 0 Å². The molecule has 1 aromatic heterocycles. The van der Waals surface area contributed by atoms with E-state index in [1.807, 2.05) is 0 Å². The molecule has 1 aromatic rings. The Labute approximate surface area is 77.3 Å². The molecule has 0 amide bonds. The van der Waals surface area contributed by atoms with Gasteiger partial charge in [-0.2, -0.15) is 0 Å². The molecule has 0 aromatic carbocycles. The van der Waals surface area contributed by atoms with Crippen molar-refractivity contribution in [2.24, 2.45) is 0 Å². The zero-order valence-corrected chi connectivity index (χ0v) is 7.92. The first-order valence-corrected chi connectivity index (χ1v) is 3.95. The van der Waals surface area contributed by atoms with E-state index in [1.54, 1.807) is 0 Å². The van der Waals surface area contributed by atoms with Crippen LogP contribution in [-0.2, 0) is 11.3 Å². The number of rotatable bonds is 3. The van der Waals surface area contributed by atoms with Crippen LogP contribution in [0.3, 0.4) is 0 Å². The lowest BCUT2D eigenvalue weighted by Gasteiger charge is -1.92. The SMILES string of the molecule is COCc1oc(C(=O)O)cc1Br. The lowest BCUT2D eigenvalue weighted by molar-refractivity contribution is 0.0654. The third-order valence-corrected chi connectivity index (χ3v) is 1.91. The van der Waals surface area contributed by atoms with Crippen LogP contribution in [0, 0.1) is 0 Å². The van der Waals surface area contributed by atoms with Gasteiger partial charge in [0.2, 0.25) is 5.76 Å². The fourth-order valence-electron chi connectivity index (χ4n) is 0.741. The summed E-state index contributed by atoms with van der Waals surface area (Å²) < 4.78 is 10.3. The van der Waals surface area contributed by atoms with Crippen molar-refractivity contribution in [3.63, 3.8) is 0 Å². The Morgan fingerprint density at radius 1 is 1.83 bits per heavy atom. The molecule has 0 spiro atoms. The third kappa shape index (κ3) is 1.86. The lowest BCUT2D eigenvalue weighted by atomic mass is 10.4. The van der Waals surface area contributed by atoms with Crippen LogP contribution in [0.25, 0.3) is 0 Å². The quantitative estimate of drug-likeness (QED) is 0.868. The van der Waals surface area contributed by atoms with Crippen molar-refractivity contribution in [1.29, 1.82) is 0 Å². The summed E-state index contributed by atoms with van der Waals surface area (Å²) in [7, 11) is 1.51. The molecular formula is C7H7BrO4. The third-order valence-electron chi connectivity index (χ3n) is 1.24. The van der Waals surface area contributed by atoms with Crippen LogP contribution >= 0.6 is 15.9 Å². The highest BCUT2D eigenvalue weighted by Gasteiger charge is 2.13. The molecule has 12 heavy (non-hydrogen) atoms. The molecule has 0 saturated heterocycles. The summed E-state index contributed by atoms with van der Waals surface area (Å²) in [6, 6.07) is 1.40. The van der Waals surface area contributed by atoms with Crippen molar-refractivity contribution in [2.75, 3.05) is 7.11 Å². The van der Waals surface area contributed by atoms with E-state index >= 15 is 0 Å². The molecule has 1 N–H and O–H groups in total. The van der Waals surface area contributed by atoms with Gasteiger partial charge in [-0.25, -0.2) is 4.79 Å². The number of hydrogen-bond donors (Lipinski definition) is 1. The highest BCUT2D eigenvalue weighted by Crippen LogP contribution is 2.22. The van der Waals surface area contributed by atoms with E-state index in [2.05, 4.69) is 15.9 Å². The van der Waals surface area contributed by atoms with E-state index in [-0.39, 0.29) is 12.4 Å². The number of carbonyl (C=O) groups is 1. The molecule has 0 atom stereocenters. The van der Waals surface area contributed by atoms with Gasteiger partial charge in [-0.3, -0.25) is 0 Å². The molecule has 1 heterocycles. The summed E-state index contributed by atoms with van der Waals surface area (Å²) in [6.45, 7) is 0.258. The van der Waals surface area contributed by atoms with Crippen LogP contribution in [0.2, 0.25) is 0 Å². The molecular weight excluding hydrogens is 228 g/mol. The largest absolute Gasteiger partial charge is 0.475 e. The van der Waals surface area contributed by atoms with E-state index < -0.39 is 5.97 Å². The highest BCUT2D eigenvalue weighted by molar-refractivity contribution is 9.10. The molecule has 0 bridgehead atoms. The van der Waals surface area contributed by atoms with Gasteiger partial charge in [-0.1, -0.05) is 0 Å². The smallest absolute Gasteiger partial charge is 0.371 e. The zero-order valence-electron chi connectivity index (χ0n) is 6.33. The zero-order chi connectivity index (χ0) is 9.14. The number of carboxylic acids is 1. The minimum atomic E-state index is -1.09. The number of aromatic carboxylic acids is 1. The van der Waals surface area contributed by atoms with Gasteiger partial charge in [0, 0.05) is 13.2 Å². The number of methoxy groups -OCH3 is 1. The second-order valence-corrected chi connectivity index (χ2v) is 2.97. The van der Waals surface area contributed by atoms with Crippen molar-refractivity contribution >= 4 is 21.9 Å². The number of hydrogen-bond acceptors (Lipinski definition) is 3. The van der Waals surface area contributed by atoms with E-state index in [1.165, 1.54) is 13.2 Å². The van der Waals surface area contributed by atoms with E-state index in [0.717, 1.165) is 0 Å². The lowest BCUT2D eigenvalue weighted by Crippen LogP contribution is -1.92. The maximum absolute atomic E-state index is 10.4. The van der Waals surface area contributed by atoms with Crippen molar-refractivity contribution < 1.29 is 19.1 Å². The first kappa shape index (κ1) is 9.28. The maximum Gasteiger partial charge on any atom is 0.371 e. The van der Waals surface area contributed by atoms with Gasteiger partial charge in [-0.15, -0.1) is 0 Å². The van der Waals surface area contributed by atoms with Crippen LogP contribution < -0.4 is 0 Å². The van der Waals surface area contributed by atoms with Crippen molar-refractivity contribution in [3.8, 4) is 0 Å². The van der Waals surface area contributed by atoms with Crippen molar-refractivity contribution in [2.45, 2.75) is 6.61 Å². The van der Waals surface area contributed by atoms with Gasteiger partial charge < -0.3 is 14.3 Å². The average Bonchev–Trinajstić information content (AvgIpc) is 2.34. The Morgan fingerprint density at radius 3 is 2.92 bits per heavy atom. The number of halogens is 1. The highest BCUT2D eigenvalue weighted by atomic mass is 79.9. The Hall–Kier alpha value is -0.810. The summed E-state index contributed by atoms with van der Waals surface area (Å²) >= 11 is 3.15. The Kier molecular flexibility index (Phi) is 2.88. The van der Waals surface area contributed by atoms with Crippen LogP contribution in [0.15, 0.2) is 15.0 Å². The van der Waals surface area contributed by atoms with E-state index in [9.17, 15) is 4.79 Å². The van der Waals surface area contributed by atoms with Gasteiger partial charge in [-0.05, 0) is 15.9 Å². The predicted octanol–water partition coefficient (Wildman–Crippen LogP) is 1.89. The average molecular weight is 235 g/mol. The second-order valence-electron chi connectivity index (χ2n) is 2.12. The fourth-order valence-corrected chi connectivity index (χ4v) is 1.14. The molecule has 0 aliphatic rings. The molecule has 4 nitrogen and oxygen atoms in total. The van der Waals surface area contributed by atoms with Gasteiger partial charge >= 0.3 is 5.97 Å². The Morgan fingerprint density at radius 2 is 2.50 bits per heavy atom. The predicted molar refractivity (Wildman–Crippen MR) is 44.1 cm³/mol. The standard InChI is InChI=1S/C7H7BrO4/c1-11-3-6-4(8)2-5(12-6)7(9)10/h2H,3H2,1H3,(H,9,10).